The predicted molar refractivity (Wildman–Crippen MR) is 95.8 cm³/mol. The molecule has 0 unspecified atom stereocenters. The smallest absolute Gasteiger partial charge is 0.274 e. The monoisotopic (exact) mass is 367 g/mol. The van der Waals surface area contributed by atoms with E-state index in [1.54, 1.807) is 24.3 Å². The Labute approximate surface area is 153 Å². The van der Waals surface area contributed by atoms with Gasteiger partial charge in [0, 0.05) is 11.8 Å². The summed E-state index contributed by atoms with van der Waals surface area (Å²) in [5.74, 6) is -0.687. The lowest BCUT2D eigenvalue weighted by Crippen LogP contribution is -2.15. The third kappa shape index (κ3) is 3.94. The summed E-state index contributed by atoms with van der Waals surface area (Å²) in [5, 5.41) is 14.6. The third-order valence-electron chi connectivity index (χ3n) is 3.39. The number of aromatic nitrogens is 2. The second-order valence-electron chi connectivity index (χ2n) is 5.15. The summed E-state index contributed by atoms with van der Waals surface area (Å²) >= 11 is 5.74. The molecule has 0 aliphatic rings. The number of nitriles is 1. The van der Waals surface area contributed by atoms with Gasteiger partial charge in [-0.05, 0) is 30.3 Å². The quantitative estimate of drug-likeness (QED) is 0.723. The Morgan fingerprint density at radius 2 is 1.96 bits per heavy atom. The SMILES string of the molecule is N#Cc1ccccc1NC(=O)c1cc(Nc2ccc(F)c(Cl)c2)ncn1. The first kappa shape index (κ1) is 17.3. The van der Waals surface area contributed by atoms with Crippen molar-refractivity contribution in [3.63, 3.8) is 0 Å². The molecule has 8 heteroatoms. The summed E-state index contributed by atoms with van der Waals surface area (Å²) in [6.45, 7) is 0. The minimum Gasteiger partial charge on any atom is -0.340 e. The van der Waals surface area contributed by atoms with Crippen LogP contribution in [0.25, 0.3) is 0 Å². The van der Waals surface area contributed by atoms with Crippen LogP contribution in [0.15, 0.2) is 54.9 Å². The molecule has 128 valence electrons. The topological polar surface area (TPSA) is 90.7 Å². The molecule has 2 N–H and O–H groups in total. The van der Waals surface area contributed by atoms with E-state index in [-0.39, 0.29) is 10.7 Å². The summed E-state index contributed by atoms with van der Waals surface area (Å²) in [6.07, 6.45) is 1.22. The van der Waals surface area contributed by atoms with E-state index in [2.05, 4.69) is 20.6 Å². The maximum Gasteiger partial charge on any atom is 0.274 e. The van der Waals surface area contributed by atoms with E-state index in [4.69, 9.17) is 16.9 Å². The van der Waals surface area contributed by atoms with E-state index < -0.39 is 11.7 Å². The molecule has 0 aliphatic carbocycles. The predicted octanol–water partition coefficient (Wildman–Crippen LogP) is 4.14. The fraction of sp³-hybridized carbons (Fsp3) is 0. The molecule has 0 saturated heterocycles. The minimum absolute atomic E-state index is 0.0323. The third-order valence-corrected chi connectivity index (χ3v) is 3.68. The maximum absolute atomic E-state index is 13.2. The first-order valence-corrected chi connectivity index (χ1v) is 7.79. The normalized spacial score (nSPS) is 10.0. The van der Waals surface area contributed by atoms with Crippen LogP contribution < -0.4 is 10.6 Å². The zero-order chi connectivity index (χ0) is 18.5. The molecule has 26 heavy (non-hydrogen) atoms. The maximum atomic E-state index is 13.2. The van der Waals surface area contributed by atoms with Gasteiger partial charge in [-0.3, -0.25) is 4.79 Å². The molecule has 3 aromatic rings. The number of hydrogen-bond acceptors (Lipinski definition) is 5. The second-order valence-corrected chi connectivity index (χ2v) is 5.56. The molecule has 0 fully saturated rings. The lowest BCUT2D eigenvalue weighted by molar-refractivity contribution is 0.102. The Kier molecular flexibility index (Phi) is 5.06. The van der Waals surface area contributed by atoms with Crippen LogP contribution in [-0.2, 0) is 0 Å². The number of halogens is 2. The van der Waals surface area contributed by atoms with E-state index in [0.717, 1.165) is 0 Å². The number of nitrogens with zero attached hydrogens (tertiary/aromatic N) is 3. The van der Waals surface area contributed by atoms with Crippen LogP contribution in [0.1, 0.15) is 16.1 Å². The van der Waals surface area contributed by atoms with Crippen molar-refractivity contribution >= 4 is 34.7 Å². The van der Waals surface area contributed by atoms with Crippen LogP contribution in [0.3, 0.4) is 0 Å². The number of anilines is 3. The van der Waals surface area contributed by atoms with Gasteiger partial charge >= 0.3 is 0 Å². The van der Waals surface area contributed by atoms with Crippen molar-refractivity contribution < 1.29 is 9.18 Å². The van der Waals surface area contributed by atoms with Crippen LogP contribution in [0.4, 0.5) is 21.6 Å². The van der Waals surface area contributed by atoms with Crippen molar-refractivity contribution in [2.75, 3.05) is 10.6 Å². The number of para-hydroxylation sites is 1. The highest BCUT2D eigenvalue weighted by atomic mass is 35.5. The zero-order valence-corrected chi connectivity index (χ0v) is 14.0. The summed E-state index contributed by atoms with van der Waals surface area (Å²) in [7, 11) is 0. The molecule has 2 aromatic carbocycles. The average Bonchev–Trinajstić information content (AvgIpc) is 2.65. The van der Waals surface area contributed by atoms with Gasteiger partial charge in [0.15, 0.2) is 0 Å². The largest absolute Gasteiger partial charge is 0.340 e. The highest BCUT2D eigenvalue weighted by Gasteiger charge is 2.12. The molecule has 0 saturated carbocycles. The molecule has 1 heterocycles. The van der Waals surface area contributed by atoms with Gasteiger partial charge in [0.05, 0.1) is 16.3 Å². The Morgan fingerprint density at radius 1 is 1.15 bits per heavy atom. The standard InChI is InChI=1S/C18H11ClFN5O/c19-13-7-12(5-6-14(13)20)24-17-8-16(22-10-23-17)18(26)25-15-4-2-1-3-11(15)9-21/h1-8,10H,(H,25,26)(H,22,23,24). The van der Waals surface area contributed by atoms with Crippen LogP contribution in [0, 0.1) is 17.1 Å². The molecule has 1 amide bonds. The van der Waals surface area contributed by atoms with E-state index >= 15 is 0 Å². The average molecular weight is 368 g/mol. The van der Waals surface area contributed by atoms with Gasteiger partial charge in [0.1, 0.15) is 29.7 Å². The summed E-state index contributed by atoms with van der Waals surface area (Å²) in [6, 6.07) is 14.2. The first-order valence-electron chi connectivity index (χ1n) is 7.41. The molecule has 0 bridgehead atoms. The second kappa shape index (κ2) is 7.59. The van der Waals surface area contributed by atoms with Gasteiger partial charge in [-0.25, -0.2) is 14.4 Å². The van der Waals surface area contributed by atoms with Crippen LogP contribution in [0.2, 0.25) is 5.02 Å². The Bertz CT molecular complexity index is 1020. The Morgan fingerprint density at radius 3 is 2.73 bits per heavy atom. The molecule has 0 spiro atoms. The molecule has 6 nitrogen and oxygen atoms in total. The summed E-state index contributed by atoms with van der Waals surface area (Å²) in [5.41, 5.74) is 1.34. The highest BCUT2D eigenvalue weighted by molar-refractivity contribution is 6.31. The number of carbonyl (C=O) groups is 1. The number of hydrogen-bond donors (Lipinski definition) is 2. The molecule has 3 rings (SSSR count). The van der Waals surface area contributed by atoms with Gasteiger partial charge in [-0.1, -0.05) is 23.7 Å². The fourth-order valence-electron chi connectivity index (χ4n) is 2.15. The number of amides is 1. The lowest BCUT2D eigenvalue weighted by Gasteiger charge is -2.09. The van der Waals surface area contributed by atoms with Crippen molar-refractivity contribution in [3.05, 3.63) is 77.0 Å². The van der Waals surface area contributed by atoms with Crippen molar-refractivity contribution in [3.8, 4) is 6.07 Å². The van der Waals surface area contributed by atoms with E-state index in [0.29, 0.717) is 22.8 Å². The molecule has 0 aliphatic heterocycles. The molecular formula is C18H11ClFN5O. The van der Waals surface area contributed by atoms with E-state index in [1.165, 1.54) is 30.6 Å². The first-order chi connectivity index (χ1) is 12.6. The fourth-order valence-corrected chi connectivity index (χ4v) is 2.33. The van der Waals surface area contributed by atoms with E-state index in [9.17, 15) is 9.18 Å². The summed E-state index contributed by atoms with van der Waals surface area (Å²) in [4.78, 5) is 20.3. The minimum atomic E-state index is -0.531. The van der Waals surface area contributed by atoms with Gasteiger partial charge in [-0.15, -0.1) is 0 Å². The van der Waals surface area contributed by atoms with Crippen LogP contribution >= 0.6 is 11.6 Å². The molecular weight excluding hydrogens is 357 g/mol. The molecule has 0 radical (unpaired) electrons. The van der Waals surface area contributed by atoms with Crippen LogP contribution in [0.5, 0.6) is 0 Å². The van der Waals surface area contributed by atoms with E-state index in [1.807, 2.05) is 6.07 Å². The van der Waals surface area contributed by atoms with Crippen molar-refractivity contribution in [1.82, 2.24) is 9.97 Å². The highest BCUT2D eigenvalue weighted by Crippen LogP contribution is 2.22. The number of carbonyl (C=O) groups excluding carboxylic acids is 1. The Balaban J connectivity index is 1.79. The van der Waals surface area contributed by atoms with Crippen molar-refractivity contribution in [2.45, 2.75) is 0 Å². The zero-order valence-electron chi connectivity index (χ0n) is 13.2. The van der Waals surface area contributed by atoms with Crippen LogP contribution in [-0.4, -0.2) is 15.9 Å². The van der Waals surface area contributed by atoms with Gasteiger partial charge in [0.2, 0.25) is 0 Å². The Hall–Kier alpha value is -3.50. The molecule has 0 atom stereocenters. The van der Waals surface area contributed by atoms with Crippen molar-refractivity contribution in [2.24, 2.45) is 0 Å². The summed E-state index contributed by atoms with van der Waals surface area (Å²) < 4.78 is 13.2. The van der Waals surface area contributed by atoms with Gasteiger partial charge in [-0.2, -0.15) is 5.26 Å². The van der Waals surface area contributed by atoms with Gasteiger partial charge in [0.25, 0.3) is 5.91 Å². The number of benzene rings is 2. The lowest BCUT2D eigenvalue weighted by atomic mass is 10.2. The number of rotatable bonds is 4. The van der Waals surface area contributed by atoms with Gasteiger partial charge < -0.3 is 10.6 Å². The number of nitrogens with one attached hydrogen (secondary N) is 2. The van der Waals surface area contributed by atoms with Crippen molar-refractivity contribution in [1.29, 1.82) is 5.26 Å². The molecule has 1 aromatic heterocycles.